The van der Waals surface area contributed by atoms with Gasteiger partial charge in [-0.3, -0.25) is 9.79 Å². The molecular formula is C26H28N2O3. The predicted octanol–water partition coefficient (Wildman–Crippen LogP) is 5.45. The SMILES string of the molecule is COc1ccc2[nH]c(C)c(CCN=C3CC(c4ccccc4)CC(O)=C3C(C)=O)c2c1. The number of carbonyl (C=O) groups excluding carboxylic acids is 1. The number of H-pyrrole nitrogens is 1. The van der Waals surface area contributed by atoms with Gasteiger partial charge in [0.05, 0.1) is 12.7 Å². The van der Waals surface area contributed by atoms with Crippen molar-refractivity contribution in [2.45, 2.75) is 39.0 Å². The quantitative estimate of drug-likeness (QED) is 0.561. The van der Waals surface area contributed by atoms with Crippen LogP contribution in [0.5, 0.6) is 5.75 Å². The third kappa shape index (κ3) is 4.26. The molecule has 4 rings (SSSR count). The Balaban J connectivity index is 1.61. The van der Waals surface area contributed by atoms with Gasteiger partial charge in [0.25, 0.3) is 0 Å². The molecule has 3 aromatic rings. The van der Waals surface area contributed by atoms with E-state index >= 15 is 0 Å². The van der Waals surface area contributed by atoms with Crippen molar-refractivity contribution in [3.63, 3.8) is 0 Å². The van der Waals surface area contributed by atoms with E-state index in [0.717, 1.165) is 34.3 Å². The Bertz CT molecular complexity index is 1170. The van der Waals surface area contributed by atoms with Gasteiger partial charge in [-0.15, -0.1) is 0 Å². The number of rotatable bonds is 6. The van der Waals surface area contributed by atoms with Crippen molar-refractivity contribution in [1.29, 1.82) is 0 Å². The molecule has 1 aliphatic rings. The van der Waals surface area contributed by atoms with Crippen LogP contribution < -0.4 is 4.74 Å². The van der Waals surface area contributed by atoms with Crippen molar-refractivity contribution in [3.05, 3.63) is 76.7 Å². The van der Waals surface area contributed by atoms with Crippen molar-refractivity contribution in [2.24, 2.45) is 4.99 Å². The molecule has 0 radical (unpaired) electrons. The van der Waals surface area contributed by atoms with Crippen molar-refractivity contribution in [1.82, 2.24) is 4.98 Å². The molecule has 0 aliphatic heterocycles. The van der Waals surface area contributed by atoms with Crippen LogP contribution in [-0.2, 0) is 11.2 Å². The fraction of sp³-hybridized carbons (Fsp3) is 0.308. The molecule has 5 nitrogen and oxygen atoms in total. The fourth-order valence-electron chi connectivity index (χ4n) is 4.53. The Morgan fingerprint density at radius 2 is 1.97 bits per heavy atom. The number of aliphatic hydroxyl groups is 1. The first kappa shape index (κ1) is 20.9. The number of aryl methyl sites for hydroxylation is 1. The molecule has 31 heavy (non-hydrogen) atoms. The first-order valence-corrected chi connectivity index (χ1v) is 10.6. The van der Waals surface area contributed by atoms with Gasteiger partial charge < -0.3 is 14.8 Å². The number of aliphatic imine (C=N–C) groups is 1. The maximum absolute atomic E-state index is 12.2. The number of aliphatic hydroxyl groups excluding tert-OH is 1. The highest BCUT2D eigenvalue weighted by molar-refractivity contribution is 6.22. The number of nitrogens with one attached hydrogen (secondary N) is 1. The number of hydrogen-bond acceptors (Lipinski definition) is 4. The fourth-order valence-corrected chi connectivity index (χ4v) is 4.53. The van der Waals surface area contributed by atoms with Crippen LogP contribution in [0.2, 0.25) is 0 Å². The summed E-state index contributed by atoms with van der Waals surface area (Å²) in [6, 6.07) is 16.1. The van der Waals surface area contributed by atoms with E-state index in [1.54, 1.807) is 7.11 Å². The topological polar surface area (TPSA) is 74.7 Å². The molecular weight excluding hydrogens is 388 g/mol. The van der Waals surface area contributed by atoms with Crippen LogP contribution in [0.1, 0.15) is 42.5 Å². The number of aromatic nitrogens is 1. The number of aromatic amines is 1. The van der Waals surface area contributed by atoms with Crippen molar-refractivity contribution >= 4 is 22.4 Å². The summed E-state index contributed by atoms with van der Waals surface area (Å²) in [6.07, 6.45) is 1.87. The summed E-state index contributed by atoms with van der Waals surface area (Å²) in [6.45, 7) is 4.11. The number of fused-ring (bicyclic) bond motifs is 1. The van der Waals surface area contributed by atoms with E-state index in [9.17, 15) is 9.90 Å². The van der Waals surface area contributed by atoms with E-state index in [0.29, 0.717) is 30.7 Å². The van der Waals surface area contributed by atoms with Crippen LogP contribution in [0, 0.1) is 6.92 Å². The lowest BCUT2D eigenvalue weighted by molar-refractivity contribution is -0.113. The summed E-state index contributed by atoms with van der Waals surface area (Å²) >= 11 is 0. The van der Waals surface area contributed by atoms with Gasteiger partial charge in [0, 0.05) is 35.3 Å². The summed E-state index contributed by atoms with van der Waals surface area (Å²) in [7, 11) is 1.67. The highest BCUT2D eigenvalue weighted by Gasteiger charge is 2.29. The van der Waals surface area contributed by atoms with Crippen molar-refractivity contribution in [3.8, 4) is 5.75 Å². The Labute approximate surface area is 182 Å². The number of Topliss-reactive ketones (excluding diaryl/α,β-unsaturated/α-hetero) is 1. The maximum Gasteiger partial charge on any atom is 0.164 e. The van der Waals surface area contributed by atoms with Crippen molar-refractivity contribution in [2.75, 3.05) is 13.7 Å². The van der Waals surface area contributed by atoms with Crippen LogP contribution in [0.4, 0.5) is 0 Å². The standard InChI is InChI=1S/C26H28N2O3/c1-16-21(22-15-20(31-3)9-10-23(22)28-16)11-12-27-24-13-19(18-7-5-4-6-8-18)14-25(30)26(24)17(2)29/h4-10,15,19,28,30H,11-14H2,1-3H3. The molecule has 0 bridgehead atoms. The molecule has 2 N–H and O–H groups in total. The maximum atomic E-state index is 12.2. The van der Waals surface area contributed by atoms with Gasteiger partial charge in [-0.05, 0) is 61.9 Å². The average Bonchev–Trinajstić information content (AvgIpc) is 3.08. The molecule has 5 heteroatoms. The predicted molar refractivity (Wildman–Crippen MR) is 124 cm³/mol. The van der Waals surface area contributed by atoms with Gasteiger partial charge in [-0.2, -0.15) is 0 Å². The van der Waals surface area contributed by atoms with E-state index in [1.807, 2.05) is 36.4 Å². The Morgan fingerprint density at radius 1 is 1.19 bits per heavy atom. The van der Waals surface area contributed by atoms with E-state index in [1.165, 1.54) is 12.5 Å². The van der Waals surface area contributed by atoms with E-state index in [4.69, 9.17) is 9.73 Å². The Hall–Kier alpha value is -3.34. The lowest BCUT2D eigenvalue weighted by Gasteiger charge is -2.25. The molecule has 160 valence electrons. The number of carbonyl (C=O) groups is 1. The first-order chi connectivity index (χ1) is 15.0. The number of benzene rings is 2. The number of allylic oxidation sites excluding steroid dienone is 2. The van der Waals surface area contributed by atoms with Gasteiger partial charge in [-0.1, -0.05) is 30.3 Å². The molecule has 2 aromatic carbocycles. The minimum atomic E-state index is -0.129. The normalized spacial score (nSPS) is 18.0. The molecule has 1 atom stereocenters. The third-order valence-corrected chi connectivity index (χ3v) is 6.07. The zero-order valence-electron chi connectivity index (χ0n) is 18.2. The molecule has 1 heterocycles. The van der Waals surface area contributed by atoms with E-state index in [-0.39, 0.29) is 17.5 Å². The molecule has 1 aliphatic carbocycles. The first-order valence-electron chi connectivity index (χ1n) is 10.6. The van der Waals surface area contributed by atoms with Gasteiger partial charge in [0.1, 0.15) is 11.5 Å². The Kier molecular flexibility index (Phi) is 5.94. The summed E-state index contributed by atoms with van der Waals surface area (Å²) < 4.78 is 5.38. The number of ether oxygens (including phenoxy) is 1. The van der Waals surface area contributed by atoms with Crippen molar-refractivity contribution < 1.29 is 14.6 Å². The lowest BCUT2D eigenvalue weighted by Crippen LogP contribution is -2.23. The zero-order valence-corrected chi connectivity index (χ0v) is 18.2. The summed E-state index contributed by atoms with van der Waals surface area (Å²) in [5.41, 5.74) is 5.64. The van der Waals surface area contributed by atoms with Gasteiger partial charge >= 0.3 is 0 Å². The second-order valence-electron chi connectivity index (χ2n) is 8.11. The van der Waals surface area contributed by atoms with Crippen LogP contribution >= 0.6 is 0 Å². The molecule has 0 saturated carbocycles. The number of methoxy groups -OCH3 is 1. The van der Waals surface area contributed by atoms with Gasteiger partial charge in [-0.25, -0.2) is 0 Å². The summed E-state index contributed by atoms with van der Waals surface area (Å²) in [5.74, 6) is 0.973. The number of ketones is 1. The van der Waals surface area contributed by atoms with Crippen LogP contribution in [0.3, 0.4) is 0 Å². The van der Waals surface area contributed by atoms with E-state index in [2.05, 4.69) is 24.0 Å². The third-order valence-electron chi connectivity index (χ3n) is 6.07. The zero-order chi connectivity index (χ0) is 22.0. The molecule has 0 fully saturated rings. The smallest absolute Gasteiger partial charge is 0.164 e. The molecule has 0 spiro atoms. The van der Waals surface area contributed by atoms with Crippen LogP contribution in [0.25, 0.3) is 10.9 Å². The molecule has 1 unspecified atom stereocenters. The molecule has 1 aromatic heterocycles. The number of hydrogen-bond donors (Lipinski definition) is 2. The molecule has 0 saturated heterocycles. The largest absolute Gasteiger partial charge is 0.511 e. The second-order valence-corrected chi connectivity index (χ2v) is 8.11. The number of nitrogens with zero attached hydrogens (tertiary/aromatic N) is 1. The lowest BCUT2D eigenvalue weighted by atomic mass is 9.81. The van der Waals surface area contributed by atoms with Crippen LogP contribution in [0.15, 0.2) is 64.9 Å². The summed E-state index contributed by atoms with van der Waals surface area (Å²) in [4.78, 5) is 20.5. The highest BCUT2D eigenvalue weighted by atomic mass is 16.5. The van der Waals surface area contributed by atoms with Gasteiger partial charge in [0.2, 0.25) is 0 Å². The highest BCUT2D eigenvalue weighted by Crippen LogP contribution is 2.34. The average molecular weight is 417 g/mol. The molecule has 0 amide bonds. The second kappa shape index (κ2) is 8.80. The van der Waals surface area contributed by atoms with Gasteiger partial charge in [0.15, 0.2) is 5.78 Å². The minimum Gasteiger partial charge on any atom is -0.511 e. The van der Waals surface area contributed by atoms with Crippen LogP contribution in [-0.4, -0.2) is 35.2 Å². The summed E-state index contributed by atoms with van der Waals surface area (Å²) in [5, 5.41) is 11.8. The Morgan fingerprint density at radius 3 is 2.68 bits per heavy atom. The van der Waals surface area contributed by atoms with E-state index < -0.39 is 0 Å². The minimum absolute atomic E-state index is 0.127. The monoisotopic (exact) mass is 416 g/mol.